The molecular weight excluding hydrogens is 945 g/mol. The molecule has 356 valence electrons. The number of carbonyl (C=O) groups is 3. The van der Waals surface area contributed by atoms with Crippen LogP contribution in [0.2, 0.25) is 5.02 Å². The van der Waals surface area contributed by atoms with E-state index in [2.05, 4.69) is 55.0 Å². The first-order chi connectivity index (χ1) is 32.6. The number of halogens is 4. The Morgan fingerprint density at radius 1 is 0.912 bits per heavy atom. The van der Waals surface area contributed by atoms with Gasteiger partial charge in [-0.3, -0.25) is 23.9 Å². The first-order valence-corrected chi connectivity index (χ1v) is 23.4. The number of hydrogen-bond acceptors (Lipinski definition) is 14. The van der Waals surface area contributed by atoms with E-state index in [1.54, 1.807) is 35.6 Å². The fraction of sp³-hybridized carbons (Fsp3) is 0.304. The smallest absolute Gasteiger partial charge is 0.405 e. The lowest BCUT2D eigenvalue weighted by Gasteiger charge is -2.20. The first kappa shape index (κ1) is 49.5. The number of fused-ring (bicyclic) bond motifs is 4. The third-order valence-corrected chi connectivity index (χ3v) is 12.7. The number of para-hydroxylation sites is 2. The molecule has 7 rings (SSSR count). The minimum absolute atomic E-state index is 0.0220. The highest BCUT2D eigenvalue weighted by atomic mass is 35.5. The largest absolute Gasteiger partial charge is 0.573 e. The van der Waals surface area contributed by atoms with Crippen LogP contribution in [0.1, 0.15) is 61.6 Å². The van der Waals surface area contributed by atoms with Gasteiger partial charge in [0.15, 0.2) is 11.0 Å². The zero-order chi connectivity index (χ0) is 48.4. The van der Waals surface area contributed by atoms with Crippen LogP contribution in [0.4, 0.5) is 18.9 Å². The molecule has 0 saturated heterocycles. The second kappa shape index (κ2) is 22.6. The van der Waals surface area contributed by atoms with E-state index in [-0.39, 0.29) is 81.3 Å². The molecule has 2 aliphatic rings. The highest BCUT2D eigenvalue weighted by molar-refractivity contribution is 8.14. The third-order valence-electron chi connectivity index (χ3n) is 10.4. The lowest BCUT2D eigenvalue weighted by Crippen LogP contribution is -2.32. The highest BCUT2D eigenvalue weighted by Gasteiger charge is 2.34. The van der Waals surface area contributed by atoms with Crippen molar-refractivity contribution < 1.29 is 41.8 Å². The van der Waals surface area contributed by atoms with E-state index in [0.717, 1.165) is 50.1 Å². The minimum atomic E-state index is -4.98. The summed E-state index contributed by atoms with van der Waals surface area (Å²) < 4.78 is 55.8. The van der Waals surface area contributed by atoms with Gasteiger partial charge in [-0.05, 0) is 62.7 Å². The van der Waals surface area contributed by atoms with Gasteiger partial charge in [0, 0.05) is 39.7 Å². The number of aryl methyl sites for hydroxylation is 2. The quantitative estimate of drug-likeness (QED) is 0.0417. The van der Waals surface area contributed by atoms with E-state index in [1.165, 1.54) is 24.3 Å². The topological polar surface area (TPSA) is 206 Å². The maximum absolute atomic E-state index is 13.2. The van der Waals surface area contributed by atoms with Crippen LogP contribution in [0.3, 0.4) is 0 Å². The Labute approximate surface area is 402 Å². The standard InChI is InChI=1S/C46H46ClF3N10O6S2/c1-26-27(2)68-44-40(26)41(29-12-14-30(47)15-13-29)55-36(42-59-58-28(3)60(42)44)23-38(61)52-16-18-64-20-21-65-19-17-53-39(62)25-67-45-56-34-10-6-4-8-32(34)35(57-45)22-31(51)24-54-43(63)33-9-5-7-11-37(33)66-46(48,49)50/h4-15,22,36,51H,16-21,23-25H2,1-3H3,(H,52,61)(H,53,62)(H,54,63)(H,56,57)/b35-22-,51-31?/t36-/m0/s1. The van der Waals surface area contributed by atoms with E-state index in [9.17, 15) is 27.6 Å². The number of thioether (sulfide) groups is 1. The van der Waals surface area contributed by atoms with Crippen LogP contribution in [0, 0.1) is 26.2 Å². The molecule has 5 N–H and O–H groups in total. The molecule has 2 aliphatic heterocycles. The zero-order valence-electron chi connectivity index (χ0n) is 37.0. The molecule has 2 aromatic heterocycles. The summed E-state index contributed by atoms with van der Waals surface area (Å²) in [6, 6.07) is 19.0. The summed E-state index contributed by atoms with van der Waals surface area (Å²) in [5, 5.41) is 30.5. The zero-order valence-corrected chi connectivity index (χ0v) is 39.3. The number of aliphatic imine (C=N–C) groups is 2. The van der Waals surface area contributed by atoms with Gasteiger partial charge in [-0.2, -0.15) is 0 Å². The summed E-state index contributed by atoms with van der Waals surface area (Å²) in [7, 11) is 0. The Morgan fingerprint density at radius 3 is 2.34 bits per heavy atom. The van der Waals surface area contributed by atoms with Crippen molar-refractivity contribution in [2.75, 3.05) is 51.8 Å². The number of alkyl halides is 3. The molecule has 22 heteroatoms. The van der Waals surface area contributed by atoms with Crippen molar-refractivity contribution in [2.24, 2.45) is 9.98 Å². The number of nitrogens with zero attached hydrogens (tertiary/aromatic N) is 5. The van der Waals surface area contributed by atoms with Crippen LogP contribution in [0.15, 0.2) is 88.9 Å². The Bertz CT molecular complexity index is 2780. The van der Waals surface area contributed by atoms with Crippen molar-refractivity contribution in [1.82, 2.24) is 36.0 Å². The maximum Gasteiger partial charge on any atom is 0.573 e. The monoisotopic (exact) mass is 990 g/mol. The lowest BCUT2D eigenvalue weighted by atomic mass is 9.99. The van der Waals surface area contributed by atoms with Crippen LogP contribution in [0.25, 0.3) is 10.7 Å². The van der Waals surface area contributed by atoms with Crippen molar-refractivity contribution in [3.63, 3.8) is 0 Å². The van der Waals surface area contributed by atoms with Crippen molar-refractivity contribution >= 4 is 80.4 Å². The van der Waals surface area contributed by atoms with Gasteiger partial charge in [0.25, 0.3) is 5.91 Å². The molecule has 0 radical (unpaired) electrons. The average molecular weight is 992 g/mol. The molecule has 0 spiro atoms. The molecule has 4 heterocycles. The van der Waals surface area contributed by atoms with Gasteiger partial charge in [-0.1, -0.05) is 65.8 Å². The number of thiophene rings is 1. The molecule has 0 unspecified atom stereocenters. The Balaban J connectivity index is 0.798. The van der Waals surface area contributed by atoms with Crippen molar-refractivity contribution in [1.29, 1.82) is 5.41 Å². The summed E-state index contributed by atoms with van der Waals surface area (Å²) in [5.74, 6) is -0.664. The molecule has 1 atom stereocenters. The number of aromatic nitrogens is 3. The summed E-state index contributed by atoms with van der Waals surface area (Å²) in [4.78, 5) is 49.5. The van der Waals surface area contributed by atoms with Crippen molar-refractivity contribution in [2.45, 2.75) is 39.6 Å². The Kier molecular flexibility index (Phi) is 16.5. The van der Waals surface area contributed by atoms with E-state index < -0.39 is 24.1 Å². The van der Waals surface area contributed by atoms with Gasteiger partial charge in [0.1, 0.15) is 22.6 Å². The normalized spacial score (nSPS) is 14.6. The number of amides is 3. The molecular formula is C46H46ClF3N10O6S2. The van der Waals surface area contributed by atoms with E-state index in [0.29, 0.717) is 38.8 Å². The first-order valence-electron chi connectivity index (χ1n) is 21.2. The van der Waals surface area contributed by atoms with Gasteiger partial charge in [0.2, 0.25) is 11.8 Å². The van der Waals surface area contributed by atoms with Crippen LogP contribution < -0.4 is 26.0 Å². The van der Waals surface area contributed by atoms with Crippen molar-refractivity contribution in [3.8, 4) is 10.8 Å². The van der Waals surface area contributed by atoms with Gasteiger partial charge in [-0.15, -0.1) is 34.7 Å². The Hall–Kier alpha value is -6.39. The second-order valence-electron chi connectivity index (χ2n) is 15.2. The van der Waals surface area contributed by atoms with Crippen LogP contribution >= 0.6 is 34.7 Å². The predicted octanol–water partition coefficient (Wildman–Crippen LogP) is 7.17. The maximum atomic E-state index is 13.2. The van der Waals surface area contributed by atoms with E-state index >= 15 is 0 Å². The number of rotatable bonds is 19. The fourth-order valence-corrected chi connectivity index (χ4v) is 9.13. The number of hydrogen-bond donors (Lipinski definition) is 5. The molecule has 0 fully saturated rings. The number of amidine groups is 1. The highest BCUT2D eigenvalue weighted by Crippen LogP contribution is 2.40. The van der Waals surface area contributed by atoms with Crippen LogP contribution in [0.5, 0.6) is 5.75 Å². The SMILES string of the molecule is Cc1sc2c(c1C)C(c1ccc(Cl)cc1)=N[C@@H](CC(=O)NCCOCCOCCNC(=O)CSC1=Nc3ccccc3/C(=C/C(=N)CNC(=O)c3ccccc3OC(F)(F)F)N1)c1nnc(C)n1-2. The molecule has 3 amide bonds. The third kappa shape index (κ3) is 12.8. The van der Waals surface area contributed by atoms with Crippen LogP contribution in [-0.2, 0) is 19.1 Å². The van der Waals surface area contributed by atoms with Gasteiger partial charge in [-0.25, -0.2) is 4.99 Å². The van der Waals surface area contributed by atoms with Crippen molar-refractivity contribution in [3.05, 3.63) is 128 Å². The van der Waals surface area contributed by atoms with Crippen LogP contribution in [-0.4, -0.2) is 107 Å². The number of nitrogens with one attached hydrogen (secondary N) is 5. The van der Waals surface area contributed by atoms with Gasteiger partial charge >= 0.3 is 6.36 Å². The molecule has 0 bridgehead atoms. The molecule has 0 saturated carbocycles. The molecule has 3 aromatic carbocycles. The van der Waals surface area contributed by atoms with E-state index in [1.807, 2.05) is 35.8 Å². The predicted molar refractivity (Wildman–Crippen MR) is 256 cm³/mol. The van der Waals surface area contributed by atoms with E-state index in [4.69, 9.17) is 31.5 Å². The molecule has 16 nitrogen and oxygen atoms in total. The summed E-state index contributed by atoms with van der Waals surface area (Å²) in [6.07, 6.45) is -3.47. The number of carbonyl (C=O) groups excluding carboxylic acids is 3. The lowest BCUT2D eigenvalue weighted by molar-refractivity contribution is -0.274. The number of benzene rings is 3. The van der Waals surface area contributed by atoms with Gasteiger partial charge in [0.05, 0.1) is 73.5 Å². The summed E-state index contributed by atoms with van der Waals surface area (Å²) in [6.45, 7) is 7.31. The summed E-state index contributed by atoms with van der Waals surface area (Å²) in [5.41, 5.74) is 5.09. The summed E-state index contributed by atoms with van der Waals surface area (Å²) >= 11 is 9.00. The van der Waals surface area contributed by atoms with Gasteiger partial charge < -0.3 is 40.9 Å². The average Bonchev–Trinajstić information content (AvgIpc) is 3.79. The number of ether oxygens (including phenoxy) is 3. The second-order valence-corrected chi connectivity index (χ2v) is 17.8. The fourth-order valence-electron chi connectivity index (χ4n) is 7.08. The molecule has 0 aliphatic carbocycles. The Morgan fingerprint density at radius 2 is 1.60 bits per heavy atom. The molecule has 68 heavy (non-hydrogen) atoms. The minimum Gasteiger partial charge on any atom is -0.405 e. The molecule has 5 aromatic rings.